The number of aromatic nitrogens is 2. The molecule has 0 spiro atoms. The highest BCUT2D eigenvalue weighted by Gasteiger charge is 2.38. The lowest BCUT2D eigenvalue weighted by Gasteiger charge is -2.08. The average molecular weight is 327 g/mol. The van der Waals surface area contributed by atoms with E-state index in [4.69, 9.17) is 0 Å². The molecule has 1 aromatic carbocycles. The molecule has 5 nitrogen and oxygen atoms in total. The predicted molar refractivity (Wildman–Crippen MR) is 76.2 cm³/mol. The van der Waals surface area contributed by atoms with Gasteiger partial charge in [0, 0.05) is 18.5 Å². The molecule has 2 rings (SSSR count). The minimum absolute atomic E-state index is 0.0380. The summed E-state index contributed by atoms with van der Waals surface area (Å²) < 4.78 is 41.6. The Bertz CT molecular complexity index is 696. The minimum atomic E-state index is -4.66. The molecule has 23 heavy (non-hydrogen) atoms. The van der Waals surface area contributed by atoms with Crippen molar-refractivity contribution in [2.45, 2.75) is 39.4 Å². The maximum absolute atomic E-state index is 12.5. The Kier molecular flexibility index (Phi) is 5.02. The van der Waals surface area contributed by atoms with Crippen molar-refractivity contribution in [3.8, 4) is 11.4 Å². The molecule has 8 heteroatoms. The Balaban J connectivity index is 2.13. The maximum Gasteiger partial charge on any atom is 0.471 e. The smallest absolute Gasteiger partial charge is 0.352 e. The van der Waals surface area contributed by atoms with E-state index in [0.29, 0.717) is 18.5 Å². The van der Waals surface area contributed by atoms with E-state index in [0.717, 1.165) is 17.5 Å². The zero-order valence-electron chi connectivity index (χ0n) is 12.7. The van der Waals surface area contributed by atoms with Gasteiger partial charge in [0.1, 0.15) is 0 Å². The quantitative estimate of drug-likeness (QED) is 0.913. The summed E-state index contributed by atoms with van der Waals surface area (Å²) >= 11 is 0. The number of aryl methyl sites for hydroxylation is 1. The van der Waals surface area contributed by atoms with Crippen LogP contribution in [0.5, 0.6) is 0 Å². The molecular weight excluding hydrogens is 311 g/mol. The third kappa shape index (κ3) is 4.30. The number of alkyl halides is 3. The monoisotopic (exact) mass is 327 g/mol. The topological polar surface area (TPSA) is 68.0 Å². The predicted octanol–water partition coefficient (Wildman–Crippen LogP) is 3.48. The fourth-order valence-electron chi connectivity index (χ4n) is 2.00. The molecule has 0 unspecified atom stereocenters. The van der Waals surface area contributed by atoms with Crippen molar-refractivity contribution >= 4 is 5.91 Å². The van der Waals surface area contributed by atoms with E-state index in [1.54, 1.807) is 25.1 Å². The second-order valence-corrected chi connectivity index (χ2v) is 5.09. The standard InChI is InChI=1S/C15H16F3N3O2/c1-3-4-12(22)19-8-11-6-5-10(7-9(11)2)13-20-14(23-21-13)15(16,17)18/h5-7H,3-4,8H2,1-2H3,(H,19,22). The minimum Gasteiger partial charge on any atom is -0.352 e. The first kappa shape index (κ1) is 17.0. The van der Waals surface area contributed by atoms with Crippen LogP contribution in [-0.4, -0.2) is 16.0 Å². The van der Waals surface area contributed by atoms with Crippen LogP contribution in [0.1, 0.15) is 36.8 Å². The summed E-state index contributed by atoms with van der Waals surface area (Å²) in [5.74, 6) is -1.54. The van der Waals surface area contributed by atoms with Crippen LogP contribution in [0.25, 0.3) is 11.4 Å². The number of benzene rings is 1. The van der Waals surface area contributed by atoms with Gasteiger partial charge in [0.2, 0.25) is 11.7 Å². The average Bonchev–Trinajstić information content (AvgIpc) is 2.96. The first-order chi connectivity index (χ1) is 10.8. The van der Waals surface area contributed by atoms with Crippen LogP contribution in [-0.2, 0) is 17.5 Å². The summed E-state index contributed by atoms with van der Waals surface area (Å²) in [5, 5.41) is 6.13. The van der Waals surface area contributed by atoms with Crippen molar-refractivity contribution in [1.82, 2.24) is 15.5 Å². The molecular formula is C15H16F3N3O2. The fraction of sp³-hybridized carbons (Fsp3) is 0.400. The number of carbonyl (C=O) groups excluding carboxylic acids is 1. The normalized spacial score (nSPS) is 11.5. The number of carbonyl (C=O) groups is 1. The van der Waals surface area contributed by atoms with Gasteiger partial charge in [-0.2, -0.15) is 18.2 Å². The van der Waals surface area contributed by atoms with Crippen molar-refractivity contribution in [3.63, 3.8) is 0 Å². The third-order valence-electron chi connectivity index (χ3n) is 3.22. The van der Waals surface area contributed by atoms with Crippen LogP contribution in [0.3, 0.4) is 0 Å². The van der Waals surface area contributed by atoms with E-state index in [1.807, 2.05) is 6.92 Å². The number of nitrogens with one attached hydrogen (secondary N) is 1. The van der Waals surface area contributed by atoms with Gasteiger partial charge in [0.25, 0.3) is 0 Å². The summed E-state index contributed by atoms with van der Waals surface area (Å²) in [5.41, 5.74) is 2.11. The molecule has 0 aliphatic rings. The zero-order chi connectivity index (χ0) is 17.0. The van der Waals surface area contributed by atoms with Crippen LogP contribution in [0.2, 0.25) is 0 Å². The van der Waals surface area contributed by atoms with E-state index in [2.05, 4.69) is 20.0 Å². The van der Waals surface area contributed by atoms with Gasteiger partial charge in [-0.3, -0.25) is 4.79 Å². The fourth-order valence-corrected chi connectivity index (χ4v) is 2.00. The molecule has 0 saturated carbocycles. The van der Waals surface area contributed by atoms with E-state index >= 15 is 0 Å². The summed E-state index contributed by atoms with van der Waals surface area (Å²) in [6.07, 6.45) is -3.44. The number of hydrogen-bond donors (Lipinski definition) is 1. The molecule has 124 valence electrons. The second-order valence-electron chi connectivity index (χ2n) is 5.09. The Morgan fingerprint density at radius 1 is 1.35 bits per heavy atom. The van der Waals surface area contributed by atoms with E-state index in [9.17, 15) is 18.0 Å². The van der Waals surface area contributed by atoms with E-state index in [1.165, 1.54) is 0 Å². The maximum atomic E-state index is 12.5. The Hall–Kier alpha value is -2.38. The Morgan fingerprint density at radius 3 is 2.65 bits per heavy atom. The highest BCUT2D eigenvalue weighted by atomic mass is 19.4. The SMILES string of the molecule is CCCC(=O)NCc1ccc(-c2noc(C(F)(F)F)n2)cc1C. The molecule has 0 aliphatic heterocycles. The summed E-state index contributed by atoms with van der Waals surface area (Å²) in [6.45, 7) is 4.08. The molecule has 1 heterocycles. The van der Waals surface area contributed by atoms with Gasteiger partial charge >= 0.3 is 12.1 Å². The first-order valence-corrected chi connectivity index (χ1v) is 7.08. The van der Waals surface area contributed by atoms with Gasteiger partial charge in [-0.25, -0.2) is 0 Å². The summed E-state index contributed by atoms with van der Waals surface area (Å²) in [6, 6.07) is 4.98. The molecule has 0 atom stereocenters. The van der Waals surface area contributed by atoms with Crippen molar-refractivity contribution < 1.29 is 22.5 Å². The third-order valence-corrected chi connectivity index (χ3v) is 3.22. The first-order valence-electron chi connectivity index (χ1n) is 7.08. The highest BCUT2D eigenvalue weighted by Crippen LogP contribution is 2.29. The Morgan fingerprint density at radius 2 is 2.09 bits per heavy atom. The highest BCUT2D eigenvalue weighted by molar-refractivity contribution is 5.75. The van der Waals surface area contributed by atoms with Gasteiger partial charge in [-0.05, 0) is 30.5 Å². The lowest BCUT2D eigenvalue weighted by Crippen LogP contribution is -2.22. The molecule has 1 aromatic heterocycles. The van der Waals surface area contributed by atoms with Crippen LogP contribution < -0.4 is 5.32 Å². The second kappa shape index (κ2) is 6.80. The number of halogens is 3. The molecule has 1 N–H and O–H groups in total. The molecule has 0 radical (unpaired) electrons. The van der Waals surface area contributed by atoms with Gasteiger partial charge < -0.3 is 9.84 Å². The van der Waals surface area contributed by atoms with Crippen molar-refractivity contribution in [2.24, 2.45) is 0 Å². The van der Waals surface area contributed by atoms with Crippen molar-refractivity contribution in [1.29, 1.82) is 0 Å². The van der Waals surface area contributed by atoms with Gasteiger partial charge in [0.05, 0.1) is 0 Å². The van der Waals surface area contributed by atoms with Crippen molar-refractivity contribution in [3.05, 3.63) is 35.2 Å². The molecule has 1 amide bonds. The van der Waals surface area contributed by atoms with E-state index in [-0.39, 0.29) is 11.7 Å². The molecule has 2 aromatic rings. The number of amides is 1. The molecule has 0 aliphatic carbocycles. The number of nitrogens with zero attached hydrogens (tertiary/aromatic N) is 2. The lowest BCUT2D eigenvalue weighted by atomic mass is 10.0. The van der Waals surface area contributed by atoms with Crippen LogP contribution in [0, 0.1) is 6.92 Å². The zero-order valence-corrected chi connectivity index (χ0v) is 12.7. The van der Waals surface area contributed by atoms with Gasteiger partial charge in [0.15, 0.2) is 0 Å². The van der Waals surface area contributed by atoms with Gasteiger partial charge in [-0.1, -0.05) is 24.2 Å². The van der Waals surface area contributed by atoms with E-state index < -0.39 is 12.1 Å². The largest absolute Gasteiger partial charge is 0.471 e. The molecule has 0 bridgehead atoms. The Labute approximate surface area is 130 Å². The number of hydrogen-bond acceptors (Lipinski definition) is 4. The lowest BCUT2D eigenvalue weighted by molar-refractivity contribution is -0.159. The van der Waals surface area contributed by atoms with Crippen LogP contribution >= 0.6 is 0 Å². The van der Waals surface area contributed by atoms with Gasteiger partial charge in [-0.15, -0.1) is 0 Å². The number of rotatable bonds is 5. The summed E-state index contributed by atoms with van der Waals surface area (Å²) in [4.78, 5) is 14.8. The van der Waals surface area contributed by atoms with Crippen LogP contribution in [0.15, 0.2) is 22.7 Å². The van der Waals surface area contributed by atoms with Crippen LogP contribution in [0.4, 0.5) is 13.2 Å². The molecule has 0 saturated heterocycles. The van der Waals surface area contributed by atoms with Crippen molar-refractivity contribution in [2.75, 3.05) is 0 Å². The molecule has 0 fully saturated rings. The summed E-state index contributed by atoms with van der Waals surface area (Å²) in [7, 11) is 0.